The molecule has 4 aromatic heterocycles. The second kappa shape index (κ2) is 24.3. The van der Waals surface area contributed by atoms with Gasteiger partial charge in [0.15, 0.2) is 0 Å². The first-order valence-corrected chi connectivity index (χ1v) is 25.0. The summed E-state index contributed by atoms with van der Waals surface area (Å²) in [5.74, 6) is 0.262. The molecular weight excluding hydrogens is 957 g/mol. The topological polar surface area (TPSA) is 206 Å². The summed E-state index contributed by atoms with van der Waals surface area (Å²) < 4.78 is 4.10. The van der Waals surface area contributed by atoms with E-state index >= 15 is 0 Å². The van der Waals surface area contributed by atoms with E-state index in [2.05, 4.69) is 66.0 Å². The van der Waals surface area contributed by atoms with Gasteiger partial charge in [0, 0.05) is 25.0 Å². The van der Waals surface area contributed by atoms with Crippen LogP contribution in [0.1, 0.15) is 123 Å². The number of aromatic nitrogens is 8. The van der Waals surface area contributed by atoms with E-state index in [1.165, 1.54) is 19.0 Å². The number of nitrogen functional groups attached to an aromatic ring is 1. The van der Waals surface area contributed by atoms with Gasteiger partial charge in [0.25, 0.3) is 0 Å². The van der Waals surface area contributed by atoms with Crippen LogP contribution >= 0.6 is 34.8 Å². The molecule has 0 spiro atoms. The molecule has 0 bridgehead atoms. The van der Waals surface area contributed by atoms with Crippen LogP contribution in [-0.4, -0.2) is 101 Å². The number of hydrogen-bond acceptors (Lipinski definition) is 11. The van der Waals surface area contributed by atoms with Gasteiger partial charge < -0.3 is 27.0 Å². The summed E-state index contributed by atoms with van der Waals surface area (Å²) >= 11 is 18.4. The zero-order valence-electron chi connectivity index (χ0n) is 39.4. The molecule has 2 saturated carbocycles. The first-order chi connectivity index (χ1) is 33.2. The van der Waals surface area contributed by atoms with Crippen LogP contribution in [0.2, 0.25) is 15.3 Å². The summed E-state index contributed by atoms with van der Waals surface area (Å²) in [6, 6.07) is 17.0. The predicted octanol–water partition coefficient (Wildman–Crippen LogP) is 8.58. The van der Waals surface area contributed by atoms with E-state index in [1.807, 2.05) is 59.5 Å². The van der Waals surface area contributed by atoms with Crippen molar-refractivity contribution in [2.24, 2.45) is 11.5 Å². The number of nitrogens with zero attached hydrogens (tertiary/aromatic N) is 10. The lowest BCUT2D eigenvalue weighted by Crippen LogP contribution is -2.31. The van der Waals surface area contributed by atoms with Gasteiger partial charge >= 0.3 is 0 Å². The number of hydrogen-bond donors (Lipinski definition) is 3. The standard InChI is InChI=1S/C26H31ClN6O.C16H15Cl2N3O.C9H16N4.2CH4/c1-32-12-8-20(9-13-32)33-17-18(15-30-33)14-24-29-16-22(27)23(31-24)7-6-19-4-2-3-5-21(19)26(10-11-26)25(28)34;17-12-9-20-15(18)21-13(12)6-5-10-3-1-2-4-11(10)16(7-8-16)14(19)22;1-12-4-2-9(3-5-12)13-7-8(10)6-11-13;;/h2-5,15-17,20H,6-14H2,1H3,(H2,28,34);1-4,9H,5-8H2,(H2,19,22);6-7,9H,2-5,10H2,1H3;2*1H4. The normalized spacial score (nSPS) is 17.3. The maximum Gasteiger partial charge on any atom is 0.228 e. The van der Waals surface area contributed by atoms with Gasteiger partial charge in [-0.2, -0.15) is 10.2 Å². The van der Waals surface area contributed by atoms with Crippen LogP contribution in [-0.2, 0) is 52.5 Å². The molecule has 380 valence electrons. The average Bonchev–Trinajstić information content (AvgIpc) is 4.25. The van der Waals surface area contributed by atoms with Crippen LogP contribution in [0.15, 0.2) is 85.7 Å². The minimum atomic E-state index is -0.495. The SMILES string of the molecule is C.C.CN1CCC(n2cc(Cc3ncc(Cl)c(CCc4ccccc4C4(C(N)=O)CC4)n3)cn2)CC1.CN1CCC(n2cc(N)cn2)CC1.NC(=O)C1(c2ccccc2CCc2nc(Cl)ncc2Cl)CC1. The summed E-state index contributed by atoms with van der Waals surface area (Å²) in [6.45, 7) is 4.52. The third-order valence-corrected chi connectivity index (χ3v) is 15.0. The van der Waals surface area contributed by atoms with Crippen LogP contribution in [0, 0.1) is 0 Å². The molecule has 6 aromatic rings. The summed E-state index contributed by atoms with van der Waals surface area (Å²) in [5.41, 5.74) is 23.7. The summed E-state index contributed by atoms with van der Waals surface area (Å²) in [6.07, 6.45) is 22.2. The molecule has 2 saturated heterocycles. The zero-order chi connectivity index (χ0) is 48.7. The van der Waals surface area contributed by atoms with Gasteiger partial charge in [-0.05, 0) is 157 Å². The molecule has 0 unspecified atom stereocenters. The maximum absolute atomic E-state index is 12.1. The Kier molecular flexibility index (Phi) is 18.8. The largest absolute Gasteiger partial charge is 0.396 e. The highest BCUT2D eigenvalue weighted by Crippen LogP contribution is 2.50. The molecule has 4 aliphatic rings. The van der Waals surface area contributed by atoms with Crippen molar-refractivity contribution >= 4 is 52.3 Å². The lowest BCUT2D eigenvalue weighted by Gasteiger charge is -2.28. The minimum absolute atomic E-state index is 0. The number of nitrogens with two attached hydrogens (primary N) is 3. The van der Waals surface area contributed by atoms with Crippen LogP contribution in [0.25, 0.3) is 0 Å². The summed E-state index contributed by atoms with van der Waals surface area (Å²) in [4.78, 5) is 45.8. The van der Waals surface area contributed by atoms with Crippen molar-refractivity contribution in [2.75, 3.05) is 46.0 Å². The third-order valence-electron chi connectivity index (χ3n) is 14.2. The fourth-order valence-corrected chi connectivity index (χ4v) is 10.2. The molecule has 2 aliphatic carbocycles. The molecule has 10 rings (SSSR count). The van der Waals surface area contributed by atoms with E-state index in [-0.39, 0.29) is 32.0 Å². The first-order valence-electron chi connectivity index (χ1n) is 23.9. The fourth-order valence-electron chi connectivity index (χ4n) is 9.64. The van der Waals surface area contributed by atoms with Gasteiger partial charge in [-0.25, -0.2) is 19.9 Å². The molecule has 15 nitrogen and oxygen atoms in total. The molecule has 0 radical (unpaired) electrons. The Morgan fingerprint density at radius 1 is 0.620 bits per heavy atom. The number of rotatable bonds is 14. The minimum Gasteiger partial charge on any atom is -0.396 e. The molecule has 71 heavy (non-hydrogen) atoms. The van der Waals surface area contributed by atoms with Gasteiger partial charge in [0.05, 0.1) is 68.6 Å². The second-order valence-corrected chi connectivity index (χ2v) is 20.2. The van der Waals surface area contributed by atoms with Crippen molar-refractivity contribution in [3.63, 3.8) is 0 Å². The van der Waals surface area contributed by atoms with Crippen molar-refractivity contribution in [1.82, 2.24) is 49.3 Å². The number of likely N-dealkylation sites (tertiary alicyclic amines) is 2. The lowest BCUT2D eigenvalue weighted by atomic mass is 9.88. The Bertz CT molecular complexity index is 2720. The van der Waals surface area contributed by atoms with E-state index in [4.69, 9.17) is 57.0 Å². The molecule has 6 heterocycles. The molecule has 2 aromatic carbocycles. The van der Waals surface area contributed by atoms with E-state index in [1.54, 1.807) is 12.4 Å². The second-order valence-electron chi connectivity index (χ2n) is 19.0. The number of carbonyl (C=O) groups excluding carboxylic acids is 2. The number of aryl methyl sites for hydroxylation is 4. The molecular formula is C53H70Cl3N13O2. The molecule has 0 atom stereocenters. The van der Waals surface area contributed by atoms with Crippen molar-refractivity contribution in [2.45, 2.75) is 121 Å². The van der Waals surface area contributed by atoms with Gasteiger partial charge in [-0.3, -0.25) is 19.0 Å². The highest BCUT2D eigenvalue weighted by Gasteiger charge is 2.51. The highest BCUT2D eigenvalue weighted by molar-refractivity contribution is 6.32. The molecule has 2 amide bonds. The number of anilines is 1. The van der Waals surface area contributed by atoms with Crippen molar-refractivity contribution in [3.8, 4) is 0 Å². The first kappa shape index (κ1) is 54.9. The Hall–Kier alpha value is -5.45. The summed E-state index contributed by atoms with van der Waals surface area (Å²) in [5, 5.41) is 10.1. The third kappa shape index (κ3) is 13.5. The van der Waals surface area contributed by atoms with Crippen LogP contribution in [0.5, 0.6) is 0 Å². The van der Waals surface area contributed by atoms with E-state index in [0.29, 0.717) is 47.1 Å². The lowest BCUT2D eigenvalue weighted by molar-refractivity contribution is -0.121. The number of benzene rings is 2. The molecule has 18 heteroatoms. The number of halogens is 3. The van der Waals surface area contributed by atoms with E-state index in [0.717, 1.165) is 123 Å². The number of piperidine rings is 2. The van der Waals surface area contributed by atoms with Crippen LogP contribution < -0.4 is 17.2 Å². The smallest absolute Gasteiger partial charge is 0.228 e. The van der Waals surface area contributed by atoms with Gasteiger partial charge in [0.2, 0.25) is 17.1 Å². The van der Waals surface area contributed by atoms with Crippen molar-refractivity contribution < 1.29 is 9.59 Å². The Balaban J connectivity index is 0.000000191. The Labute approximate surface area is 433 Å². The fraction of sp³-hybridized carbons (Fsp3) is 0.472. The number of primary amides is 2. The van der Waals surface area contributed by atoms with Gasteiger partial charge in [-0.1, -0.05) is 86.6 Å². The zero-order valence-corrected chi connectivity index (χ0v) is 41.7. The van der Waals surface area contributed by atoms with E-state index in [9.17, 15) is 9.59 Å². The molecule has 2 aliphatic heterocycles. The van der Waals surface area contributed by atoms with E-state index < -0.39 is 10.8 Å². The van der Waals surface area contributed by atoms with Crippen LogP contribution in [0.4, 0.5) is 5.69 Å². The monoisotopic (exact) mass is 1030 g/mol. The molecule has 6 N–H and O–H groups in total. The quantitative estimate of drug-likeness (QED) is 0.0881. The maximum atomic E-state index is 12.1. The average molecular weight is 1030 g/mol. The predicted molar refractivity (Wildman–Crippen MR) is 284 cm³/mol. The number of amides is 2. The van der Waals surface area contributed by atoms with Gasteiger partial charge in [-0.15, -0.1) is 0 Å². The van der Waals surface area contributed by atoms with Crippen molar-refractivity contribution in [1.29, 1.82) is 0 Å². The highest BCUT2D eigenvalue weighted by atomic mass is 35.5. The van der Waals surface area contributed by atoms with Crippen LogP contribution in [0.3, 0.4) is 0 Å². The summed E-state index contributed by atoms with van der Waals surface area (Å²) in [7, 11) is 4.33. The van der Waals surface area contributed by atoms with Crippen molar-refractivity contribution in [3.05, 3.63) is 146 Å². The van der Waals surface area contributed by atoms with Gasteiger partial charge in [0.1, 0.15) is 5.82 Å². The molecule has 4 fully saturated rings. The Morgan fingerprint density at radius 2 is 1.07 bits per heavy atom. The Morgan fingerprint density at radius 3 is 1.54 bits per heavy atom. The number of carbonyl (C=O) groups is 2.